The molecule has 0 unspecified atom stereocenters. The summed E-state index contributed by atoms with van der Waals surface area (Å²) >= 11 is 0. The van der Waals surface area contributed by atoms with Crippen molar-refractivity contribution < 1.29 is 17.9 Å². The first-order valence-electron chi connectivity index (χ1n) is 10.9. The molecule has 2 aliphatic rings. The Kier molecular flexibility index (Phi) is 5.67. The topological polar surface area (TPSA) is 88.6 Å². The molecule has 1 aromatic heterocycles. The molecule has 8 heteroatoms. The van der Waals surface area contributed by atoms with Crippen LogP contribution in [0.1, 0.15) is 40.4 Å². The van der Waals surface area contributed by atoms with Gasteiger partial charge in [-0.1, -0.05) is 30.3 Å². The first kappa shape index (κ1) is 21.1. The van der Waals surface area contributed by atoms with Crippen molar-refractivity contribution in [1.29, 1.82) is 0 Å². The van der Waals surface area contributed by atoms with Crippen molar-refractivity contribution in [2.24, 2.45) is 0 Å². The molecular formula is C24H25N3O4S. The Morgan fingerprint density at radius 1 is 1.06 bits per heavy atom. The fourth-order valence-corrected chi connectivity index (χ4v) is 5.37. The predicted molar refractivity (Wildman–Crippen MR) is 121 cm³/mol. The molecule has 166 valence electrons. The summed E-state index contributed by atoms with van der Waals surface area (Å²) < 4.78 is 32.2. The van der Waals surface area contributed by atoms with E-state index in [4.69, 9.17) is 9.72 Å². The minimum Gasteiger partial charge on any atom is -0.379 e. The van der Waals surface area contributed by atoms with Crippen molar-refractivity contribution in [1.82, 2.24) is 14.6 Å². The van der Waals surface area contributed by atoms with Gasteiger partial charge in [-0.25, -0.2) is 8.42 Å². The molecule has 1 N–H and O–H groups in total. The summed E-state index contributed by atoms with van der Waals surface area (Å²) in [6.07, 6.45) is 2.23. The summed E-state index contributed by atoms with van der Waals surface area (Å²) in [5, 5.41) is 3.81. The Morgan fingerprint density at radius 2 is 1.78 bits per heavy atom. The molecule has 3 aromatic rings. The van der Waals surface area contributed by atoms with Crippen LogP contribution in [0.15, 0.2) is 59.5 Å². The van der Waals surface area contributed by atoms with Crippen molar-refractivity contribution >= 4 is 26.8 Å². The third kappa shape index (κ3) is 4.26. The lowest BCUT2D eigenvalue weighted by Crippen LogP contribution is -2.40. The molecule has 2 heterocycles. The molecule has 0 radical (unpaired) electrons. The number of carbonyl (C=O) groups is 1. The number of pyridine rings is 1. The van der Waals surface area contributed by atoms with Gasteiger partial charge in [0.25, 0.3) is 5.91 Å². The van der Waals surface area contributed by atoms with Crippen LogP contribution in [0.3, 0.4) is 0 Å². The summed E-state index contributed by atoms with van der Waals surface area (Å²) in [6.45, 7) is 1.86. The molecule has 0 atom stereocenters. The molecule has 1 saturated carbocycles. The number of para-hydroxylation sites is 1. The number of sulfonamides is 1. The standard InChI is InChI=1S/C24H25N3O4S/c28-24(21-15-23(18-7-8-18)26-22-4-2-1-3-20(21)22)25-16-17-5-9-19(10-6-17)32(29,30)27-11-13-31-14-12-27/h1-6,9-10,15,18H,7-8,11-14,16H2,(H,25,28). The Labute approximate surface area is 187 Å². The van der Waals surface area contributed by atoms with Crippen molar-refractivity contribution in [3.63, 3.8) is 0 Å². The van der Waals surface area contributed by atoms with E-state index in [1.54, 1.807) is 24.3 Å². The van der Waals surface area contributed by atoms with Crippen LogP contribution in [0.25, 0.3) is 10.9 Å². The zero-order valence-corrected chi connectivity index (χ0v) is 18.5. The summed E-state index contributed by atoms with van der Waals surface area (Å²) in [4.78, 5) is 18.0. The van der Waals surface area contributed by atoms with Gasteiger partial charge in [-0.15, -0.1) is 0 Å². The number of nitrogens with zero attached hydrogens (tertiary/aromatic N) is 2. The van der Waals surface area contributed by atoms with E-state index < -0.39 is 10.0 Å². The van der Waals surface area contributed by atoms with E-state index >= 15 is 0 Å². The number of amides is 1. The highest BCUT2D eigenvalue weighted by atomic mass is 32.2. The van der Waals surface area contributed by atoms with Gasteiger partial charge in [0.15, 0.2) is 0 Å². The molecule has 1 aliphatic carbocycles. The number of nitrogens with one attached hydrogen (secondary N) is 1. The highest BCUT2D eigenvalue weighted by Gasteiger charge is 2.27. The van der Waals surface area contributed by atoms with Crippen molar-refractivity contribution in [2.45, 2.75) is 30.2 Å². The fraction of sp³-hybridized carbons (Fsp3) is 0.333. The lowest BCUT2D eigenvalue weighted by atomic mass is 10.1. The molecule has 2 fully saturated rings. The Balaban J connectivity index is 1.30. The number of morpholine rings is 1. The molecule has 7 nitrogen and oxygen atoms in total. The number of hydrogen-bond acceptors (Lipinski definition) is 5. The van der Waals surface area contributed by atoms with Crippen molar-refractivity contribution in [2.75, 3.05) is 26.3 Å². The molecule has 1 saturated heterocycles. The van der Waals surface area contributed by atoms with Crippen LogP contribution < -0.4 is 5.32 Å². The maximum atomic E-state index is 13.0. The Bertz CT molecular complexity index is 1250. The largest absolute Gasteiger partial charge is 0.379 e. The third-order valence-corrected chi connectivity index (χ3v) is 7.87. The number of fused-ring (bicyclic) bond motifs is 1. The van der Waals surface area contributed by atoms with Crippen LogP contribution in [0.4, 0.5) is 0 Å². The van der Waals surface area contributed by atoms with E-state index in [1.165, 1.54) is 4.31 Å². The molecule has 0 bridgehead atoms. The summed E-state index contributed by atoms with van der Waals surface area (Å²) in [5.74, 6) is 0.294. The third-order valence-electron chi connectivity index (χ3n) is 5.96. The highest BCUT2D eigenvalue weighted by molar-refractivity contribution is 7.89. The van der Waals surface area contributed by atoms with Crippen LogP contribution in [-0.2, 0) is 21.3 Å². The Hall–Kier alpha value is -2.81. The van der Waals surface area contributed by atoms with E-state index in [1.807, 2.05) is 30.3 Å². The van der Waals surface area contributed by atoms with Crippen LogP contribution in [0.5, 0.6) is 0 Å². The van der Waals surface area contributed by atoms with Gasteiger partial charge in [0.2, 0.25) is 10.0 Å². The fourth-order valence-electron chi connectivity index (χ4n) is 3.96. The van der Waals surface area contributed by atoms with E-state index in [9.17, 15) is 13.2 Å². The Morgan fingerprint density at radius 3 is 2.50 bits per heavy atom. The van der Waals surface area contributed by atoms with Gasteiger partial charge in [-0.05, 0) is 42.7 Å². The molecular weight excluding hydrogens is 426 g/mol. The lowest BCUT2D eigenvalue weighted by molar-refractivity contribution is 0.0730. The highest BCUT2D eigenvalue weighted by Crippen LogP contribution is 2.40. The van der Waals surface area contributed by atoms with Crippen LogP contribution in [0.2, 0.25) is 0 Å². The second kappa shape index (κ2) is 8.61. The van der Waals surface area contributed by atoms with E-state index in [2.05, 4.69) is 5.32 Å². The average Bonchev–Trinajstić information content (AvgIpc) is 3.68. The van der Waals surface area contributed by atoms with Gasteiger partial charge in [-0.3, -0.25) is 9.78 Å². The molecule has 0 spiro atoms. The monoisotopic (exact) mass is 451 g/mol. The predicted octanol–water partition coefficient (Wildman–Crippen LogP) is 3.06. The van der Waals surface area contributed by atoms with Crippen LogP contribution in [-0.4, -0.2) is 49.9 Å². The average molecular weight is 452 g/mol. The van der Waals surface area contributed by atoms with Gasteiger partial charge in [-0.2, -0.15) is 4.31 Å². The number of aromatic nitrogens is 1. The normalized spacial score (nSPS) is 17.4. The smallest absolute Gasteiger partial charge is 0.252 e. The zero-order chi connectivity index (χ0) is 22.1. The van der Waals surface area contributed by atoms with Gasteiger partial charge >= 0.3 is 0 Å². The van der Waals surface area contributed by atoms with Gasteiger partial charge in [0.1, 0.15) is 0 Å². The second-order valence-corrected chi connectivity index (χ2v) is 10.2. The SMILES string of the molecule is O=C(NCc1ccc(S(=O)(=O)N2CCOCC2)cc1)c1cc(C2CC2)nc2ccccc12. The van der Waals surface area contributed by atoms with E-state index in [0.717, 1.165) is 35.0 Å². The summed E-state index contributed by atoms with van der Waals surface area (Å²) in [5.41, 5.74) is 3.27. The van der Waals surface area contributed by atoms with Gasteiger partial charge in [0.05, 0.1) is 29.2 Å². The van der Waals surface area contributed by atoms with E-state index in [0.29, 0.717) is 44.3 Å². The van der Waals surface area contributed by atoms with Crippen molar-refractivity contribution in [3.8, 4) is 0 Å². The first-order valence-corrected chi connectivity index (χ1v) is 12.3. The quantitative estimate of drug-likeness (QED) is 0.622. The van der Waals surface area contributed by atoms with Gasteiger partial charge < -0.3 is 10.1 Å². The minimum absolute atomic E-state index is 0.157. The zero-order valence-electron chi connectivity index (χ0n) is 17.7. The second-order valence-electron chi connectivity index (χ2n) is 8.23. The van der Waals surface area contributed by atoms with E-state index in [-0.39, 0.29) is 10.8 Å². The van der Waals surface area contributed by atoms with Crippen LogP contribution in [0, 0.1) is 0 Å². The number of hydrogen-bond donors (Lipinski definition) is 1. The lowest BCUT2D eigenvalue weighted by Gasteiger charge is -2.26. The van der Waals surface area contributed by atoms with Crippen LogP contribution >= 0.6 is 0 Å². The molecule has 1 aliphatic heterocycles. The molecule has 5 rings (SSSR count). The number of rotatable bonds is 6. The summed E-state index contributed by atoms with van der Waals surface area (Å²) in [7, 11) is -3.53. The summed E-state index contributed by atoms with van der Waals surface area (Å²) in [6, 6.07) is 16.3. The number of ether oxygens (including phenoxy) is 1. The molecule has 1 amide bonds. The minimum atomic E-state index is -3.53. The maximum Gasteiger partial charge on any atom is 0.252 e. The molecule has 2 aromatic carbocycles. The maximum absolute atomic E-state index is 13.0. The molecule has 32 heavy (non-hydrogen) atoms. The van der Waals surface area contributed by atoms with Gasteiger partial charge in [0, 0.05) is 36.6 Å². The number of benzene rings is 2. The first-order chi connectivity index (χ1) is 15.5. The number of carbonyl (C=O) groups excluding carboxylic acids is 1. The van der Waals surface area contributed by atoms with Crippen molar-refractivity contribution in [3.05, 3.63) is 71.4 Å².